The number of likely N-dealkylation sites (N-methyl/N-ethyl adjacent to an activating group) is 2. The molecule has 1 N–H and O–H groups in total. The fraction of sp³-hybridized carbons (Fsp3) is 0.810. The Bertz CT molecular complexity index is 640. The predicted octanol–water partition coefficient (Wildman–Crippen LogP) is 0.701. The molecule has 0 radical (unpaired) electrons. The number of carbonyl (C=O) groups excluding carboxylic acids is 4. The van der Waals surface area contributed by atoms with Crippen LogP contribution < -0.4 is 5.32 Å². The zero-order chi connectivity index (χ0) is 23.8. The summed E-state index contributed by atoms with van der Waals surface area (Å²) >= 11 is 0. The fourth-order valence-electron chi connectivity index (χ4n) is 2.92. The highest BCUT2D eigenvalue weighted by Crippen LogP contribution is 2.13. The minimum absolute atomic E-state index is 0.159. The van der Waals surface area contributed by atoms with Crippen LogP contribution in [-0.2, 0) is 23.9 Å². The first-order valence-corrected chi connectivity index (χ1v) is 10.7. The van der Waals surface area contributed by atoms with Crippen molar-refractivity contribution in [3.05, 3.63) is 0 Å². The Morgan fingerprint density at radius 2 is 1.58 bits per heavy atom. The molecule has 0 saturated carbocycles. The van der Waals surface area contributed by atoms with Gasteiger partial charge in [0.1, 0.15) is 18.7 Å². The summed E-state index contributed by atoms with van der Waals surface area (Å²) in [5.41, 5.74) is -0.674. The lowest BCUT2D eigenvalue weighted by Crippen LogP contribution is -2.51. The third kappa shape index (κ3) is 9.99. The van der Waals surface area contributed by atoms with Crippen molar-refractivity contribution in [1.82, 2.24) is 20.0 Å². The van der Waals surface area contributed by atoms with Crippen LogP contribution in [0, 0.1) is 5.92 Å². The van der Waals surface area contributed by atoms with E-state index in [1.165, 1.54) is 19.0 Å². The highest BCUT2D eigenvalue weighted by Gasteiger charge is 2.30. The van der Waals surface area contributed by atoms with Gasteiger partial charge in [-0.05, 0) is 33.1 Å². The molecule has 1 aliphatic heterocycles. The molecule has 1 atom stereocenters. The van der Waals surface area contributed by atoms with Gasteiger partial charge in [-0.25, -0.2) is 4.79 Å². The maximum absolute atomic E-state index is 12.8. The Kier molecular flexibility index (Phi) is 10.2. The Balaban J connectivity index is 2.62. The second kappa shape index (κ2) is 11.9. The standard InChI is InChI=1S/C21H38N4O6/c1-15(2)12-16(19(28)25-10-8-22-9-11-25)30-18(27)14-23(6)17(26)13-24(7)20(29)31-21(3,4)5/h15-16,22H,8-14H2,1-7H3. The molecule has 31 heavy (non-hydrogen) atoms. The molecule has 0 bridgehead atoms. The van der Waals surface area contributed by atoms with E-state index in [4.69, 9.17) is 9.47 Å². The molecule has 0 aliphatic carbocycles. The zero-order valence-electron chi connectivity index (χ0n) is 19.9. The maximum atomic E-state index is 12.8. The average molecular weight is 443 g/mol. The number of amides is 3. The highest BCUT2D eigenvalue weighted by atomic mass is 16.6. The molecule has 1 aliphatic rings. The first-order valence-electron chi connectivity index (χ1n) is 10.7. The summed E-state index contributed by atoms with van der Waals surface area (Å²) in [5.74, 6) is -1.15. The molecule has 178 valence electrons. The largest absolute Gasteiger partial charge is 0.451 e. The molecule has 1 unspecified atom stereocenters. The third-order valence-electron chi connectivity index (χ3n) is 4.53. The Hall–Kier alpha value is -2.36. The molecule has 10 nitrogen and oxygen atoms in total. The summed E-state index contributed by atoms with van der Waals surface area (Å²) in [5, 5.41) is 3.18. The van der Waals surface area contributed by atoms with Crippen LogP contribution in [0.2, 0.25) is 0 Å². The number of nitrogens with one attached hydrogen (secondary N) is 1. The molecule has 1 saturated heterocycles. The minimum Gasteiger partial charge on any atom is -0.451 e. The van der Waals surface area contributed by atoms with Gasteiger partial charge in [-0.2, -0.15) is 0 Å². The Labute approximate surface area is 185 Å². The predicted molar refractivity (Wildman–Crippen MR) is 115 cm³/mol. The van der Waals surface area contributed by atoms with Crippen LogP contribution in [0.15, 0.2) is 0 Å². The van der Waals surface area contributed by atoms with E-state index in [0.717, 1.165) is 4.90 Å². The van der Waals surface area contributed by atoms with Crippen LogP contribution in [0.5, 0.6) is 0 Å². The van der Waals surface area contributed by atoms with E-state index in [-0.39, 0.29) is 24.9 Å². The van der Waals surface area contributed by atoms with E-state index < -0.39 is 29.7 Å². The SMILES string of the molecule is CC(C)CC(OC(=O)CN(C)C(=O)CN(C)C(=O)OC(C)(C)C)C(=O)N1CCNCC1. The molecular weight excluding hydrogens is 404 g/mol. The van der Waals surface area contributed by atoms with Gasteiger partial charge in [0.05, 0.1) is 0 Å². The van der Waals surface area contributed by atoms with Gasteiger partial charge in [0.25, 0.3) is 5.91 Å². The lowest BCUT2D eigenvalue weighted by atomic mass is 10.0. The van der Waals surface area contributed by atoms with Crippen LogP contribution in [0.4, 0.5) is 4.79 Å². The van der Waals surface area contributed by atoms with E-state index in [0.29, 0.717) is 32.6 Å². The quantitative estimate of drug-likeness (QED) is 0.551. The Morgan fingerprint density at radius 3 is 2.10 bits per heavy atom. The zero-order valence-corrected chi connectivity index (χ0v) is 19.9. The number of ether oxygens (including phenoxy) is 2. The van der Waals surface area contributed by atoms with Gasteiger partial charge in [0.15, 0.2) is 6.10 Å². The lowest BCUT2D eigenvalue weighted by molar-refractivity contribution is -0.163. The van der Waals surface area contributed by atoms with Crippen LogP contribution in [0.1, 0.15) is 41.0 Å². The third-order valence-corrected chi connectivity index (χ3v) is 4.53. The Morgan fingerprint density at radius 1 is 1.00 bits per heavy atom. The number of rotatable bonds is 8. The molecule has 0 aromatic rings. The normalized spacial score (nSPS) is 15.3. The maximum Gasteiger partial charge on any atom is 0.410 e. The van der Waals surface area contributed by atoms with E-state index in [9.17, 15) is 19.2 Å². The summed E-state index contributed by atoms with van der Waals surface area (Å²) in [4.78, 5) is 53.7. The summed E-state index contributed by atoms with van der Waals surface area (Å²) in [7, 11) is 2.89. The van der Waals surface area contributed by atoms with Crippen LogP contribution >= 0.6 is 0 Å². The molecule has 1 fully saturated rings. The molecular formula is C21H38N4O6. The molecule has 0 spiro atoms. The van der Waals surface area contributed by atoms with Gasteiger partial charge in [0, 0.05) is 40.3 Å². The lowest BCUT2D eigenvalue weighted by Gasteiger charge is -2.31. The molecule has 3 amide bonds. The molecule has 0 aromatic heterocycles. The fourth-order valence-corrected chi connectivity index (χ4v) is 2.92. The van der Waals surface area contributed by atoms with Crippen molar-refractivity contribution < 1.29 is 28.7 Å². The summed E-state index contributed by atoms with van der Waals surface area (Å²) < 4.78 is 10.7. The molecule has 1 heterocycles. The van der Waals surface area contributed by atoms with E-state index in [1.54, 1.807) is 25.7 Å². The van der Waals surface area contributed by atoms with Gasteiger partial charge < -0.3 is 29.5 Å². The monoisotopic (exact) mass is 442 g/mol. The van der Waals surface area contributed by atoms with Crippen LogP contribution in [0.25, 0.3) is 0 Å². The second-order valence-electron chi connectivity index (χ2n) is 9.27. The van der Waals surface area contributed by atoms with Gasteiger partial charge in [-0.15, -0.1) is 0 Å². The van der Waals surface area contributed by atoms with Gasteiger partial charge in [-0.1, -0.05) is 13.8 Å². The van der Waals surface area contributed by atoms with Crippen molar-refractivity contribution in [3.8, 4) is 0 Å². The number of hydrogen-bond donors (Lipinski definition) is 1. The topological polar surface area (TPSA) is 108 Å². The van der Waals surface area contributed by atoms with Crippen molar-refractivity contribution in [2.24, 2.45) is 5.92 Å². The average Bonchev–Trinajstić information content (AvgIpc) is 2.65. The van der Waals surface area contributed by atoms with E-state index in [2.05, 4.69) is 5.32 Å². The van der Waals surface area contributed by atoms with Gasteiger partial charge in [0.2, 0.25) is 5.91 Å². The van der Waals surface area contributed by atoms with Gasteiger partial charge in [-0.3, -0.25) is 14.4 Å². The molecule has 1 rings (SSSR count). The number of carbonyl (C=O) groups is 4. The summed E-state index contributed by atoms with van der Waals surface area (Å²) in [6, 6.07) is 0. The van der Waals surface area contributed by atoms with Crippen molar-refractivity contribution >= 4 is 23.9 Å². The molecule has 10 heteroatoms. The number of esters is 1. The molecule has 0 aromatic carbocycles. The number of hydrogen-bond acceptors (Lipinski definition) is 7. The number of nitrogens with zero attached hydrogens (tertiary/aromatic N) is 3. The number of piperazine rings is 1. The van der Waals surface area contributed by atoms with Crippen molar-refractivity contribution in [2.75, 3.05) is 53.4 Å². The summed E-state index contributed by atoms with van der Waals surface area (Å²) in [6.07, 6.45) is -1.10. The smallest absolute Gasteiger partial charge is 0.410 e. The summed E-state index contributed by atoms with van der Waals surface area (Å²) in [6.45, 7) is 11.1. The highest BCUT2D eigenvalue weighted by molar-refractivity contribution is 5.87. The van der Waals surface area contributed by atoms with Crippen molar-refractivity contribution in [3.63, 3.8) is 0 Å². The van der Waals surface area contributed by atoms with E-state index >= 15 is 0 Å². The first-order chi connectivity index (χ1) is 14.3. The van der Waals surface area contributed by atoms with Crippen molar-refractivity contribution in [2.45, 2.75) is 52.7 Å². The first kappa shape index (κ1) is 26.7. The van der Waals surface area contributed by atoms with E-state index in [1.807, 2.05) is 13.8 Å². The minimum atomic E-state index is -0.876. The van der Waals surface area contributed by atoms with Crippen LogP contribution in [0.3, 0.4) is 0 Å². The van der Waals surface area contributed by atoms with Gasteiger partial charge >= 0.3 is 12.1 Å². The van der Waals surface area contributed by atoms with Crippen molar-refractivity contribution in [1.29, 1.82) is 0 Å². The second-order valence-corrected chi connectivity index (χ2v) is 9.27. The van der Waals surface area contributed by atoms with Crippen LogP contribution in [-0.4, -0.2) is 104 Å².